The second-order valence-corrected chi connectivity index (χ2v) is 6.71. The minimum absolute atomic E-state index is 0.0270. The zero-order valence-corrected chi connectivity index (χ0v) is 14.7. The Morgan fingerprint density at radius 2 is 1.70 bits per heavy atom. The van der Waals surface area contributed by atoms with E-state index >= 15 is 0 Å². The molecule has 0 radical (unpaired) electrons. The van der Waals surface area contributed by atoms with Gasteiger partial charge in [-0.05, 0) is 55.2 Å². The molecule has 0 bridgehead atoms. The summed E-state index contributed by atoms with van der Waals surface area (Å²) in [5, 5.41) is 5.57. The second-order valence-electron chi connectivity index (χ2n) is 6.71. The van der Waals surface area contributed by atoms with Crippen LogP contribution in [0.5, 0.6) is 0 Å². The SMILES string of the molecule is Cc1ccc(NC(=O)C2CC2)cc1NC(=O)Cc1ccc(C(F)(F)F)cc1. The molecule has 0 unspecified atom stereocenters. The highest BCUT2D eigenvalue weighted by molar-refractivity contribution is 5.96. The third-order valence-electron chi connectivity index (χ3n) is 4.37. The Balaban J connectivity index is 1.63. The second kappa shape index (κ2) is 7.42. The molecule has 4 nitrogen and oxygen atoms in total. The average Bonchev–Trinajstić information content (AvgIpc) is 3.42. The van der Waals surface area contributed by atoms with Crippen molar-refractivity contribution in [3.63, 3.8) is 0 Å². The third kappa shape index (κ3) is 5.09. The number of amides is 2. The van der Waals surface area contributed by atoms with Crippen LogP contribution in [0.15, 0.2) is 42.5 Å². The minimum Gasteiger partial charge on any atom is -0.326 e. The normalized spacial score (nSPS) is 13.9. The molecule has 7 heteroatoms. The van der Waals surface area contributed by atoms with Gasteiger partial charge in [-0.1, -0.05) is 18.2 Å². The molecule has 0 heterocycles. The van der Waals surface area contributed by atoms with Crippen LogP contribution in [0.2, 0.25) is 0 Å². The number of carbonyl (C=O) groups excluding carboxylic acids is 2. The maximum Gasteiger partial charge on any atom is 0.416 e. The molecule has 0 aromatic heterocycles. The van der Waals surface area contributed by atoms with Gasteiger partial charge in [0.25, 0.3) is 0 Å². The van der Waals surface area contributed by atoms with E-state index in [1.165, 1.54) is 12.1 Å². The van der Waals surface area contributed by atoms with Crippen LogP contribution >= 0.6 is 0 Å². The van der Waals surface area contributed by atoms with Gasteiger partial charge in [0.05, 0.1) is 12.0 Å². The van der Waals surface area contributed by atoms with Crippen LogP contribution in [0.25, 0.3) is 0 Å². The molecule has 0 spiro atoms. The topological polar surface area (TPSA) is 58.2 Å². The fraction of sp³-hybridized carbons (Fsp3) is 0.300. The predicted octanol–water partition coefficient (Wildman–Crippen LogP) is 4.54. The molecule has 2 amide bonds. The molecule has 1 aliphatic rings. The van der Waals surface area contributed by atoms with E-state index in [2.05, 4.69) is 10.6 Å². The predicted molar refractivity (Wildman–Crippen MR) is 96.3 cm³/mol. The van der Waals surface area contributed by atoms with E-state index in [-0.39, 0.29) is 24.2 Å². The first-order valence-corrected chi connectivity index (χ1v) is 8.60. The lowest BCUT2D eigenvalue weighted by atomic mass is 10.1. The summed E-state index contributed by atoms with van der Waals surface area (Å²) < 4.78 is 37.8. The Hall–Kier alpha value is -2.83. The zero-order valence-electron chi connectivity index (χ0n) is 14.7. The van der Waals surface area contributed by atoms with Crippen molar-refractivity contribution < 1.29 is 22.8 Å². The van der Waals surface area contributed by atoms with Crippen molar-refractivity contribution in [2.45, 2.75) is 32.4 Å². The Bertz CT molecular complexity index is 857. The van der Waals surface area contributed by atoms with Crippen LogP contribution < -0.4 is 10.6 Å². The molecule has 2 aromatic carbocycles. The first kappa shape index (κ1) is 18.9. The van der Waals surface area contributed by atoms with Crippen molar-refractivity contribution in [3.05, 3.63) is 59.2 Å². The lowest BCUT2D eigenvalue weighted by Gasteiger charge is -2.12. The van der Waals surface area contributed by atoms with Crippen molar-refractivity contribution in [1.82, 2.24) is 0 Å². The van der Waals surface area contributed by atoms with Crippen LogP contribution in [0.1, 0.15) is 29.5 Å². The lowest BCUT2D eigenvalue weighted by molar-refractivity contribution is -0.137. The molecular weight excluding hydrogens is 357 g/mol. The molecule has 2 aromatic rings. The van der Waals surface area contributed by atoms with Crippen molar-refractivity contribution >= 4 is 23.2 Å². The number of benzene rings is 2. The van der Waals surface area contributed by atoms with E-state index in [1.54, 1.807) is 18.2 Å². The number of anilines is 2. The number of aryl methyl sites for hydroxylation is 1. The number of rotatable bonds is 5. The number of carbonyl (C=O) groups is 2. The van der Waals surface area contributed by atoms with Crippen LogP contribution in [-0.4, -0.2) is 11.8 Å². The number of nitrogens with one attached hydrogen (secondary N) is 2. The Morgan fingerprint density at radius 1 is 1.04 bits per heavy atom. The van der Waals surface area contributed by atoms with Crippen molar-refractivity contribution in [2.75, 3.05) is 10.6 Å². The van der Waals surface area contributed by atoms with E-state index in [9.17, 15) is 22.8 Å². The molecule has 27 heavy (non-hydrogen) atoms. The van der Waals surface area contributed by atoms with E-state index < -0.39 is 11.7 Å². The maximum atomic E-state index is 12.6. The fourth-order valence-corrected chi connectivity index (χ4v) is 2.62. The molecule has 1 saturated carbocycles. The lowest BCUT2D eigenvalue weighted by Crippen LogP contribution is -2.17. The molecular formula is C20H19F3N2O2. The van der Waals surface area contributed by atoms with Gasteiger partial charge in [0, 0.05) is 17.3 Å². The molecule has 0 atom stereocenters. The first-order valence-electron chi connectivity index (χ1n) is 8.60. The fourth-order valence-electron chi connectivity index (χ4n) is 2.62. The number of alkyl halides is 3. The summed E-state index contributed by atoms with van der Waals surface area (Å²) in [6, 6.07) is 9.74. The van der Waals surface area contributed by atoms with Crippen molar-refractivity contribution in [2.24, 2.45) is 5.92 Å². The van der Waals surface area contributed by atoms with Crippen molar-refractivity contribution in [3.8, 4) is 0 Å². The van der Waals surface area contributed by atoms with Gasteiger partial charge >= 0.3 is 6.18 Å². The summed E-state index contributed by atoms with van der Waals surface area (Å²) in [4.78, 5) is 24.1. The standard InChI is InChI=1S/C20H19F3N2O2/c1-12-2-9-16(24-19(27)14-5-6-14)11-17(12)25-18(26)10-13-3-7-15(8-4-13)20(21,22)23/h2-4,7-9,11,14H,5-6,10H2,1H3,(H,24,27)(H,25,26). The average molecular weight is 376 g/mol. The molecule has 0 aliphatic heterocycles. The molecule has 2 N–H and O–H groups in total. The van der Waals surface area contributed by atoms with Crippen LogP contribution in [-0.2, 0) is 22.2 Å². The summed E-state index contributed by atoms with van der Waals surface area (Å²) in [5.74, 6) is -0.298. The van der Waals surface area contributed by atoms with Crippen LogP contribution in [0, 0.1) is 12.8 Å². The van der Waals surface area contributed by atoms with Crippen molar-refractivity contribution in [1.29, 1.82) is 0 Å². The Labute approximate surface area is 154 Å². The van der Waals surface area contributed by atoms with Gasteiger partial charge in [0.15, 0.2) is 0 Å². The van der Waals surface area contributed by atoms with Gasteiger partial charge < -0.3 is 10.6 Å². The van der Waals surface area contributed by atoms with Crippen LogP contribution in [0.4, 0.5) is 24.5 Å². The molecule has 0 saturated heterocycles. The Kier molecular flexibility index (Phi) is 5.21. The summed E-state index contributed by atoms with van der Waals surface area (Å²) >= 11 is 0. The first-order chi connectivity index (χ1) is 12.7. The van der Waals surface area contributed by atoms with E-state index in [0.717, 1.165) is 30.5 Å². The highest BCUT2D eigenvalue weighted by atomic mass is 19.4. The monoisotopic (exact) mass is 376 g/mol. The van der Waals surface area contributed by atoms with E-state index in [0.29, 0.717) is 16.9 Å². The number of hydrogen-bond acceptors (Lipinski definition) is 2. The largest absolute Gasteiger partial charge is 0.416 e. The summed E-state index contributed by atoms with van der Waals surface area (Å²) in [7, 11) is 0. The van der Waals surface area contributed by atoms with E-state index in [1.807, 2.05) is 6.92 Å². The summed E-state index contributed by atoms with van der Waals surface area (Å²) in [6.45, 7) is 1.82. The number of halogens is 3. The highest BCUT2D eigenvalue weighted by Crippen LogP contribution is 2.31. The Morgan fingerprint density at radius 3 is 2.30 bits per heavy atom. The van der Waals surface area contributed by atoms with Gasteiger partial charge in [-0.25, -0.2) is 0 Å². The van der Waals surface area contributed by atoms with Gasteiger partial charge in [-0.3, -0.25) is 9.59 Å². The van der Waals surface area contributed by atoms with Gasteiger partial charge in [0.2, 0.25) is 11.8 Å². The van der Waals surface area contributed by atoms with Gasteiger partial charge in [-0.2, -0.15) is 13.2 Å². The molecule has 142 valence electrons. The molecule has 1 aliphatic carbocycles. The maximum absolute atomic E-state index is 12.6. The van der Waals surface area contributed by atoms with Gasteiger partial charge in [0.1, 0.15) is 0 Å². The van der Waals surface area contributed by atoms with Crippen LogP contribution in [0.3, 0.4) is 0 Å². The van der Waals surface area contributed by atoms with E-state index in [4.69, 9.17) is 0 Å². The smallest absolute Gasteiger partial charge is 0.326 e. The number of hydrogen-bond donors (Lipinski definition) is 2. The minimum atomic E-state index is -4.40. The molecule has 3 rings (SSSR count). The molecule has 1 fully saturated rings. The summed E-state index contributed by atoms with van der Waals surface area (Å²) in [6.07, 6.45) is -2.65. The third-order valence-corrected chi connectivity index (χ3v) is 4.37. The highest BCUT2D eigenvalue weighted by Gasteiger charge is 2.30. The summed E-state index contributed by atoms with van der Waals surface area (Å²) in [5.41, 5.74) is 1.71. The zero-order chi connectivity index (χ0) is 19.6. The van der Waals surface area contributed by atoms with Gasteiger partial charge in [-0.15, -0.1) is 0 Å². The quantitative estimate of drug-likeness (QED) is 0.805.